The van der Waals surface area contributed by atoms with Crippen LogP contribution in [0.15, 0.2) is 45.5 Å². The summed E-state index contributed by atoms with van der Waals surface area (Å²) in [5, 5.41) is 0. The Morgan fingerprint density at radius 3 is 1.44 bits per heavy atom. The Bertz CT molecular complexity index is 606. The molecule has 0 aliphatic heterocycles. The van der Waals surface area contributed by atoms with Crippen LogP contribution in [0.5, 0.6) is 0 Å². The number of rotatable bonds is 2. The van der Waals surface area contributed by atoms with Crippen molar-refractivity contribution in [2.75, 3.05) is 0 Å². The van der Waals surface area contributed by atoms with Crippen LogP contribution in [0, 0.1) is 13.8 Å². The molecule has 4 nitrogen and oxygen atoms in total. The molecular weight excluding hydrogens is 228 g/mol. The largest absolute Gasteiger partial charge is 0.460 e. The van der Waals surface area contributed by atoms with Crippen molar-refractivity contribution in [1.82, 2.24) is 9.97 Å². The van der Waals surface area contributed by atoms with Gasteiger partial charge in [-0.15, -0.1) is 0 Å². The molecule has 0 radical (unpaired) electrons. The van der Waals surface area contributed by atoms with E-state index in [1.54, 1.807) is 12.4 Å². The fourth-order valence-electron chi connectivity index (χ4n) is 1.73. The van der Waals surface area contributed by atoms with Gasteiger partial charge < -0.3 is 8.83 Å². The molecule has 0 unspecified atom stereocenters. The minimum Gasteiger partial charge on any atom is -0.460 e. The summed E-state index contributed by atoms with van der Waals surface area (Å²) in [5.41, 5.74) is 1.44. The maximum Gasteiger partial charge on any atom is 0.154 e. The molecule has 4 heteroatoms. The average molecular weight is 240 g/mol. The Kier molecular flexibility index (Phi) is 2.48. The van der Waals surface area contributed by atoms with E-state index in [1.807, 2.05) is 38.1 Å². The van der Waals surface area contributed by atoms with Gasteiger partial charge in [0.2, 0.25) is 0 Å². The van der Waals surface area contributed by atoms with Gasteiger partial charge in [0.15, 0.2) is 11.5 Å². The molecule has 0 saturated carbocycles. The van der Waals surface area contributed by atoms with Gasteiger partial charge in [0, 0.05) is 0 Å². The molecule has 18 heavy (non-hydrogen) atoms. The first kappa shape index (κ1) is 10.8. The smallest absolute Gasteiger partial charge is 0.154 e. The number of hydrogen-bond acceptors (Lipinski definition) is 4. The second-order valence-electron chi connectivity index (χ2n) is 4.11. The lowest BCUT2D eigenvalue weighted by Crippen LogP contribution is -1.87. The van der Waals surface area contributed by atoms with Crippen LogP contribution in [0.25, 0.3) is 22.9 Å². The maximum absolute atomic E-state index is 5.49. The van der Waals surface area contributed by atoms with Gasteiger partial charge in [0.1, 0.15) is 22.9 Å². The Morgan fingerprint density at radius 1 is 0.722 bits per heavy atom. The van der Waals surface area contributed by atoms with Gasteiger partial charge in [0.05, 0.1) is 12.4 Å². The van der Waals surface area contributed by atoms with Crippen molar-refractivity contribution < 1.29 is 8.83 Å². The highest BCUT2D eigenvalue weighted by Gasteiger charge is 2.08. The second kappa shape index (κ2) is 4.14. The molecule has 0 amide bonds. The zero-order valence-electron chi connectivity index (χ0n) is 10.2. The first-order valence-corrected chi connectivity index (χ1v) is 5.68. The lowest BCUT2D eigenvalue weighted by atomic mass is 10.3. The second-order valence-corrected chi connectivity index (χ2v) is 4.11. The lowest BCUT2D eigenvalue weighted by molar-refractivity contribution is 0.543. The molecule has 0 aliphatic rings. The molecule has 0 spiro atoms. The summed E-state index contributed by atoms with van der Waals surface area (Å²) in [6.45, 7) is 3.80. The molecule has 3 aromatic rings. The van der Waals surface area contributed by atoms with E-state index in [4.69, 9.17) is 8.83 Å². The standard InChI is InChI=1S/C14H12N2O2/c1-9-3-5-13(17-9)11-7-16-12(8-15-11)14-6-4-10(2)18-14/h3-8H,1-2H3. The van der Waals surface area contributed by atoms with Crippen LogP contribution < -0.4 is 0 Å². The van der Waals surface area contributed by atoms with Crippen molar-refractivity contribution >= 4 is 0 Å². The molecule has 3 rings (SSSR count). The van der Waals surface area contributed by atoms with Gasteiger partial charge in [-0.25, -0.2) is 9.97 Å². The van der Waals surface area contributed by atoms with Crippen LogP contribution in [0.2, 0.25) is 0 Å². The van der Waals surface area contributed by atoms with Crippen LogP contribution in [0.3, 0.4) is 0 Å². The predicted octanol–water partition coefficient (Wildman–Crippen LogP) is 3.61. The van der Waals surface area contributed by atoms with Gasteiger partial charge in [-0.05, 0) is 38.1 Å². The van der Waals surface area contributed by atoms with E-state index in [0.717, 1.165) is 34.4 Å². The monoisotopic (exact) mass is 240 g/mol. The van der Waals surface area contributed by atoms with Crippen molar-refractivity contribution in [3.63, 3.8) is 0 Å². The van der Waals surface area contributed by atoms with Crippen molar-refractivity contribution in [2.24, 2.45) is 0 Å². The molecule has 3 heterocycles. The van der Waals surface area contributed by atoms with E-state index in [9.17, 15) is 0 Å². The summed E-state index contributed by atoms with van der Waals surface area (Å²) in [5.74, 6) is 3.17. The Balaban J connectivity index is 1.94. The first-order valence-electron chi connectivity index (χ1n) is 5.68. The van der Waals surface area contributed by atoms with Crippen LogP contribution >= 0.6 is 0 Å². The van der Waals surface area contributed by atoms with E-state index in [-0.39, 0.29) is 0 Å². The third-order valence-corrected chi connectivity index (χ3v) is 2.64. The summed E-state index contributed by atoms with van der Waals surface area (Å²) >= 11 is 0. The summed E-state index contributed by atoms with van der Waals surface area (Å²) in [7, 11) is 0. The third-order valence-electron chi connectivity index (χ3n) is 2.64. The highest BCUT2D eigenvalue weighted by atomic mass is 16.3. The fourth-order valence-corrected chi connectivity index (χ4v) is 1.73. The molecule has 0 aromatic carbocycles. The highest BCUT2D eigenvalue weighted by molar-refractivity contribution is 5.56. The molecule has 0 saturated heterocycles. The molecule has 90 valence electrons. The van der Waals surface area contributed by atoms with Gasteiger partial charge in [-0.2, -0.15) is 0 Å². The van der Waals surface area contributed by atoms with Crippen LogP contribution in [-0.2, 0) is 0 Å². The van der Waals surface area contributed by atoms with Gasteiger partial charge in [0.25, 0.3) is 0 Å². The van der Waals surface area contributed by atoms with Gasteiger partial charge >= 0.3 is 0 Å². The maximum atomic E-state index is 5.49. The van der Waals surface area contributed by atoms with Crippen LogP contribution in [0.4, 0.5) is 0 Å². The summed E-state index contributed by atoms with van der Waals surface area (Å²) in [6.07, 6.45) is 3.37. The van der Waals surface area contributed by atoms with Crippen molar-refractivity contribution in [2.45, 2.75) is 13.8 Å². The van der Waals surface area contributed by atoms with Crippen LogP contribution in [0.1, 0.15) is 11.5 Å². The SMILES string of the molecule is Cc1ccc(-c2cnc(-c3ccc(C)o3)cn2)o1. The predicted molar refractivity (Wildman–Crippen MR) is 66.9 cm³/mol. The lowest BCUT2D eigenvalue weighted by Gasteiger charge is -1.98. The van der Waals surface area contributed by atoms with E-state index < -0.39 is 0 Å². The Labute approximate surface area is 104 Å². The highest BCUT2D eigenvalue weighted by Crippen LogP contribution is 2.22. The van der Waals surface area contributed by atoms with Crippen molar-refractivity contribution in [3.8, 4) is 22.9 Å². The van der Waals surface area contributed by atoms with Crippen molar-refractivity contribution in [1.29, 1.82) is 0 Å². The number of hydrogen-bond donors (Lipinski definition) is 0. The Hall–Kier alpha value is -2.36. The molecule has 0 fully saturated rings. The number of aryl methyl sites for hydroxylation is 2. The summed E-state index contributed by atoms with van der Waals surface area (Å²) in [6, 6.07) is 7.58. The fraction of sp³-hybridized carbons (Fsp3) is 0.143. The van der Waals surface area contributed by atoms with Crippen molar-refractivity contribution in [3.05, 3.63) is 48.2 Å². The summed E-state index contributed by atoms with van der Waals surface area (Å²) < 4.78 is 11.0. The molecule has 0 bridgehead atoms. The number of aromatic nitrogens is 2. The number of nitrogens with zero attached hydrogens (tertiary/aromatic N) is 2. The molecule has 0 N–H and O–H groups in total. The summed E-state index contributed by atoms with van der Waals surface area (Å²) in [4.78, 5) is 8.66. The van der Waals surface area contributed by atoms with E-state index in [0.29, 0.717) is 0 Å². The molecule has 0 aliphatic carbocycles. The Morgan fingerprint density at radius 2 is 1.17 bits per heavy atom. The van der Waals surface area contributed by atoms with E-state index in [1.165, 1.54) is 0 Å². The quantitative estimate of drug-likeness (QED) is 0.686. The minimum atomic E-state index is 0.718. The first-order chi connectivity index (χ1) is 8.72. The molecule has 0 atom stereocenters. The van der Waals surface area contributed by atoms with E-state index in [2.05, 4.69) is 9.97 Å². The molecular formula is C14H12N2O2. The topological polar surface area (TPSA) is 52.1 Å². The third kappa shape index (κ3) is 1.93. The van der Waals surface area contributed by atoms with Gasteiger partial charge in [-0.1, -0.05) is 0 Å². The van der Waals surface area contributed by atoms with Crippen LogP contribution in [-0.4, -0.2) is 9.97 Å². The molecule has 3 aromatic heterocycles. The normalized spacial score (nSPS) is 10.8. The van der Waals surface area contributed by atoms with E-state index >= 15 is 0 Å². The van der Waals surface area contributed by atoms with Gasteiger partial charge in [-0.3, -0.25) is 0 Å². The zero-order chi connectivity index (χ0) is 12.5. The minimum absolute atomic E-state index is 0.718. The average Bonchev–Trinajstić information content (AvgIpc) is 2.98. The zero-order valence-corrected chi connectivity index (χ0v) is 10.2. The number of furan rings is 2.